The van der Waals surface area contributed by atoms with Gasteiger partial charge in [-0.3, -0.25) is 14.5 Å². The minimum Gasteiger partial charge on any atom is -0.390 e. The summed E-state index contributed by atoms with van der Waals surface area (Å²) >= 11 is 0. The van der Waals surface area contributed by atoms with E-state index in [9.17, 15) is 14.7 Å². The van der Waals surface area contributed by atoms with Crippen LogP contribution in [0.25, 0.3) is 0 Å². The Hall–Kier alpha value is -1.73. The second-order valence-corrected chi connectivity index (χ2v) is 6.15. The van der Waals surface area contributed by atoms with E-state index in [1.165, 1.54) is 10.7 Å². The van der Waals surface area contributed by atoms with E-state index in [0.717, 1.165) is 25.9 Å². The third kappa shape index (κ3) is 3.05. The fraction of sp³-hybridized carbons (Fsp3) is 0.667. The molecule has 2 aliphatic heterocycles. The molecule has 0 aromatic carbocycles. The number of aromatic nitrogens is 2. The lowest BCUT2D eigenvalue weighted by molar-refractivity contribution is -0.131. The smallest absolute Gasteiger partial charge is 0.267 e. The zero-order valence-corrected chi connectivity index (χ0v) is 12.8. The molecule has 1 amide bonds. The lowest BCUT2D eigenvalue weighted by atomic mass is 10.2. The zero-order valence-electron chi connectivity index (χ0n) is 12.8. The molecule has 22 heavy (non-hydrogen) atoms. The first-order chi connectivity index (χ1) is 10.5. The van der Waals surface area contributed by atoms with Gasteiger partial charge in [0.1, 0.15) is 6.54 Å². The predicted octanol–water partition coefficient (Wildman–Crippen LogP) is -0.781. The summed E-state index contributed by atoms with van der Waals surface area (Å²) in [6, 6.07) is 3.07. The van der Waals surface area contributed by atoms with E-state index in [-0.39, 0.29) is 24.1 Å². The number of nitrogens with zero attached hydrogens (tertiary/aromatic N) is 4. The topological polar surface area (TPSA) is 78.7 Å². The quantitative estimate of drug-likeness (QED) is 0.792. The van der Waals surface area contributed by atoms with Gasteiger partial charge < -0.3 is 10.0 Å². The summed E-state index contributed by atoms with van der Waals surface area (Å²) in [7, 11) is 0. The van der Waals surface area contributed by atoms with Crippen molar-refractivity contribution < 1.29 is 9.90 Å². The first-order valence-electron chi connectivity index (χ1n) is 7.79. The van der Waals surface area contributed by atoms with Crippen LogP contribution in [0.2, 0.25) is 0 Å². The molecule has 7 heteroatoms. The van der Waals surface area contributed by atoms with Crippen molar-refractivity contribution in [3.63, 3.8) is 0 Å². The van der Waals surface area contributed by atoms with Crippen LogP contribution in [0.15, 0.2) is 16.9 Å². The summed E-state index contributed by atoms with van der Waals surface area (Å²) in [5, 5.41) is 14.3. The van der Waals surface area contributed by atoms with Gasteiger partial charge in [-0.15, -0.1) is 0 Å². The minimum absolute atomic E-state index is 0.0219. The molecule has 0 bridgehead atoms. The zero-order chi connectivity index (χ0) is 15.7. The van der Waals surface area contributed by atoms with Gasteiger partial charge in [0.05, 0.1) is 17.8 Å². The highest BCUT2D eigenvalue weighted by molar-refractivity contribution is 5.76. The number of carbonyl (C=O) groups excluding carboxylic acids is 1. The first-order valence-corrected chi connectivity index (χ1v) is 7.79. The van der Waals surface area contributed by atoms with Crippen molar-refractivity contribution in [2.45, 2.75) is 38.5 Å². The molecule has 0 spiro atoms. The van der Waals surface area contributed by atoms with Crippen molar-refractivity contribution in [3.05, 3.63) is 28.2 Å². The SMILES string of the molecule is Cc1ccc(=O)n(CC(=O)N2C[C@@H](O)[C@H](N3CCCC3)C2)n1. The number of aliphatic hydroxyl groups excluding tert-OH is 1. The van der Waals surface area contributed by atoms with Gasteiger partial charge in [0.25, 0.3) is 5.56 Å². The lowest BCUT2D eigenvalue weighted by Gasteiger charge is -2.25. The Morgan fingerprint density at radius 3 is 2.77 bits per heavy atom. The highest BCUT2D eigenvalue weighted by Gasteiger charge is 2.38. The number of hydrogen-bond donors (Lipinski definition) is 1. The summed E-state index contributed by atoms with van der Waals surface area (Å²) in [5.41, 5.74) is 0.415. The highest BCUT2D eigenvalue weighted by Crippen LogP contribution is 2.21. The predicted molar refractivity (Wildman–Crippen MR) is 80.4 cm³/mol. The minimum atomic E-state index is -0.510. The van der Waals surface area contributed by atoms with Gasteiger partial charge in [0.2, 0.25) is 5.91 Å². The molecule has 2 aliphatic rings. The number of aliphatic hydroxyl groups is 1. The molecule has 2 atom stereocenters. The highest BCUT2D eigenvalue weighted by atomic mass is 16.3. The van der Waals surface area contributed by atoms with Gasteiger partial charge in [0, 0.05) is 19.2 Å². The van der Waals surface area contributed by atoms with Crippen molar-refractivity contribution in [2.75, 3.05) is 26.2 Å². The maximum Gasteiger partial charge on any atom is 0.267 e. The van der Waals surface area contributed by atoms with Gasteiger partial charge in [-0.2, -0.15) is 5.10 Å². The van der Waals surface area contributed by atoms with E-state index in [1.54, 1.807) is 17.9 Å². The van der Waals surface area contributed by atoms with Crippen LogP contribution in [0, 0.1) is 6.92 Å². The normalized spacial score (nSPS) is 25.8. The molecule has 2 saturated heterocycles. The fourth-order valence-corrected chi connectivity index (χ4v) is 3.30. The largest absolute Gasteiger partial charge is 0.390 e. The van der Waals surface area contributed by atoms with Crippen LogP contribution in [0.5, 0.6) is 0 Å². The number of likely N-dealkylation sites (tertiary alicyclic amines) is 2. The molecule has 1 aromatic rings. The van der Waals surface area contributed by atoms with Crippen molar-refractivity contribution in [1.82, 2.24) is 19.6 Å². The van der Waals surface area contributed by atoms with Crippen LogP contribution in [-0.4, -0.2) is 68.9 Å². The van der Waals surface area contributed by atoms with Crippen LogP contribution < -0.4 is 5.56 Å². The van der Waals surface area contributed by atoms with Crippen LogP contribution in [0.4, 0.5) is 0 Å². The standard InChI is InChI=1S/C15H22N4O3/c1-11-4-5-14(21)19(16-11)10-15(22)18-8-12(13(20)9-18)17-6-2-3-7-17/h4-5,12-13,20H,2-3,6-10H2,1H3/t12-,13-/m1/s1. The van der Waals surface area contributed by atoms with E-state index < -0.39 is 6.10 Å². The summed E-state index contributed by atoms with van der Waals surface area (Å²) in [6.45, 7) is 4.55. The Morgan fingerprint density at radius 1 is 1.32 bits per heavy atom. The summed E-state index contributed by atoms with van der Waals surface area (Å²) in [4.78, 5) is 28.0. The third-order valence-electron chi connectivity index (χ3n) is 4.51. The van der Waals surface area contributed by atoms with Gasteiger partial charge in [-0.25, -0.2) is 4.68 Å². The number of amides is 1. The molecule has 7 nitrogen and oxygen atoms in total. The lowest BCUT2D eigenvalue weighted by Crippen LogP contribution is -2.42. The van der Waals surface area contributed by atoms with Crippen LogP contribution in [0.3, 0.4) is 0 Å². The summed E-state index contributed by atoms with van der Waals surface area (Å²) in [5.74, 6) is -0.166. The molecule has 3 rings (SSSR count). The molecule has 1 aromatic heterocycles. The molecule has 0 unspecified atom stereocenters. The fourth-order valence-electron chi connectivity index (χ4n) is 3.30. The Kier molecular flexibility index (Phi) is 4.26. The monoisotopic (exact) mass is 306 g/mol. The molecule has 2 fully saturated rings. The molecule has 1 N–H and O–H groups in total. The molecule has 0 aliphatic carbocycles. The maximum atomic E-state index is 12.4. The Labute approximate surface area is 129 Å². The van der Waals surface area contributed by atoms with Crippen LogP contribution >= 0.6 is 0 Å². The average Bonchev–Trinajstić information content (AvgIpc) is 3.11. The van der Waals surface area contributed by atoms with Crippen LogP contribution in [0.1, 0.15) is 18.5 Å². The molecule has 120 valence electrons. The molecular weight excluding hydrogens is 284 g/mol. The summed E-state index contributed by atoms with van der Waals surface area (Å²) in [6.07, 6.45) is 1.80. The maximum absolute atomic E-state index is 12.4. The number of β-amino-alcohol motifs (C(OH)–C–C–N with tert-alkyl or cyclic N) is 1. The second kappa shape index (κ2) is 6.18. The third-order valence-corrected chi connectivity index (χ3v) is 4.51. The number of hydrogen-bond acceptors (Lipinski definition) is 5. The molecule has 3 heterocycles. The van der Waals surface area contributed by atoms with Crippen LogP contribution in [-0.2, 0) is 11.3 Å². The first kappa shape index (κ1) is 15.2. The van der Waals surface area contributed by atoms with Crippen molar-refractivity contribution >= 4 is 5.91 Å². The van der Waals surface area contributed by atoms with Crippen molar-refractivity contribution in [3.8, 4) is 0 Å². The number of rotatable bonds is 3. The van der Waals surface area contributed by atoms with Crippen molar-refractivity contribution in [2.24, 2.45) is 0 Å². The van der Waals surface area contributed by atoms with Crippen molar-refractivity contribution in [1.29, 1.82) is 0 Å². The molecule has 0 saturated carbocycles. The van der Waals surface area contributed by atoms with Gasteiger partial charge >= 0.3 is 0 Å². The Balaban J connectivity index is 1.65. The molecule has 0 radical (unpaired) electrons. The average molecular weight is 306 g/mol. The van der Waals surface area contributed by atoms with E-state index >= 15 is 0 Å². The van der Waals surface area contributed by atoms with Gasteiger partial charge in [-0.1, -0.05) is 0 Å². The number of aryl methyl sites for hydroxylation is 1. The van der Waals surface area contributed by atoms with E-state index in [4.69, 9.17) is 0 Å². The van der Waals surface area contributed by atoms with E-state index in [0.29, 0.717) is 18.8 Å². The molecular formula is C15H22N4O3. The van der Waals surface area contributed by atoms with E-state index in [2.05, 4.69) is 10.00 Å². The number of carbonyl (C=O) groups is 1. The second-order valence-electron chi connectivity index (χ2n) is 6.15. The summed E-state index contributed by atoms with van der Waals surface area (Å²) < 4.78 is 1.19. The Morgan fingerprint density at radius 2 is 2.05 bits per heavy atom. The van der Waals surface area contributed by atoms with Gasteiger partial charge in [0.15, 0.2) is 0 Å². The van der Waals surface area contributed by atoms with E-state index in [1.807, 2.05) is 0 Å². The van der Waals surface area contributed by atoms with Gasteiger partial charge in [-0.05, 0) is 38.9 Å². The Bertz CT molecular complexity index is 609.